The number of carbonyl (C=O) groups excluding carboxylic acids is 1. The molecule has 0 saturated carbocycles. The van der Waals surface area contributed by atoms with E-state index in [0.29, 0.717) is 11.6 Å². The maximum atomic E-state index is 13.1. The van der Waals surface area contributed by atoms with E-state index in [9.17, 15) is 4.79 Å². The fourth-order valence-electron chi connectivity index (χ4n) is 4.67. The Morgan fingerprint density at radius 1 is 1.21 bits per heavy atom. The molecule has 0 aromatic carbocycles. The van der Waals surface area contributed by atoms with E-state index in [2.05, 4.69) is 25.2 Å². The normalized spacial score (nSPS) is 16.6. The van der Waals surface area contributed by atoms with Crippen LogP contribution in [0.5, 0.6) is 5.88 Å². The van der Waals surface area contributed by atoms with Gasteiger partial charge in [0.05, 0.1) is 18.1 Å². The Hall–Kier alpha value is -2.91. The van der Waals surface area contributed by atoms with Crippen molar-refractivity contribution in [2.45, 2.75) is 30.2 Å². The molecule has 0 bridgehead atoms. The molecule has 1 fully saturated rings. The van der Waals surface area contributed by atoms with Gasteiger partial charge in [-0.25, -0.2) is 9.97 Å². The molecule has 2 aliphatic rings. The van der Waals surface area contributed by atoms with E-state index in [4.69, 9.17) is 4.74 Å². The molecule has 0 spiro atoms. The number of pyridine rings is 3. The summed E-state index contributed by atoms with van der Waals surface area (Å²) >= 11 is 1.78. The highest BCUT2D eigenvalue weighted by atomic mass is 32.2. The summed E-state index contributed by atoms with van der Waals surface area (Å²) in [6, 6.07) is 9.95. The van der Waals surface area contributed by atoms with Gasteiger partial charge in [-0.1, -0.05) is 0 Å². The molecule has 3 aromatic heterocycles. The summed E-state index contributed by atoms with van der Waals surface area (Å²) in [6.45, 7) is 3.78. The maximum Gasteiger partial charge on any atom is 0.272 e. The van der Waals surface area contributed by atoms with Gasteiger partial charge in [0.15, 0.2) is 0 Å². The van der Waals surface area contributed by atoms with Gasteiger partial charge < -0.3 is 19.9 Å². The summed E-state index contributed by atoms with van der Waals surface area (Å²) < 4.78 is 5.29. The van der Waals surface area contributed by atoms with Crippen LogP contribution in [0.1, 0.15) is 28.9 Å². The molecule has 1 saturated heterocycles. The van der Waals surface area contributed by atoms with E-state index in [0.717, 1.165) is 72.9 Å². The third-order valence-electron chi connectivity index (χ3n) is 6.70. The zero-order valence-corrected chi connectivity index (χ0v) is 20.5. The van der Waals surface area contributed by atoms with Gasteiger partial charge in [-0.2, -0.15) is 0 Å². The Bertz CT molecular complexity index is 1180. The van der Waals surface area contributed by atoms with Crippen LogP contribution in [0.4, 0.5) is 5.82 Å². The first-order valence-electron chi connectivity index (χ1n) is 11.8. The molecule has 0 aliphatic carbocycles. The number of amides is 1. The van der Waals surface area contributed by atoms with E-state index in [1.54, 1.807) is 18.9 Å². The minimum atomic E-state index is 0.00176. The van der Waals surface area contributed by atoms with Crippen LogP contribution in [0.25, 0.3) is 11.0 Å². The summed E-state index contributed by atoms with van der Waals surface area (Å²) in [5.74, 6) is 2.48. The smallest absolute Gasteiger partial charge is 0.272 e. The minimum absolute atomic E-state index is 0.00176. The number of thioether (sulfide) groups is 1. The number of hydrogen-bond donors (Lipinski definition) is 1. The SMILES string of the molecule is COc1ccc2nccc(CCN3CCC(N(C)C(=O)c4ccc5c(n4)NCCS5)CC3)c2n1. The molecule has 8 nitrogen and oxygen atoms in total. The van der Waals surface area contributed by atoms with Crippen LogP contribution in [-0.2, 0) is 6.42 Å². The molecule has 0 radical (unpaired) electrons. The molecule has 178 valence electrons. The second kappa shape index (κ2) is 10.1. The molecule has 0 unspecified atom stereocenters. The van der Waals surface area contributed by atoms with Crippen molar-refractivity contribution in [1.82, 2.24) is 24.8 Å². The number of ether oxygens (including phenoxy) is 1. The Labute approximate surface area is 204 Å². The van der Waals surface area contributed by atoms with Crippen molar-refractivity contribution in [3.05, 3.63) is 47.8 Å². The van der Waals surface area contributed by atoms with E-state index < -0.39 is 0 Å². The second-order valence-corrected chi connectivity index (χ2v) is 9.89. The number of nitrogens with one attached hydrogen (secondary N) is 1. The highest BCUT2D eigenvalue weighted by molar-refractivity contribution is 7.99. The van der Waals surface area contributed by atoms with Crippen LogP contribution < -0.4 is 10.1 Å². The number of likely N-dealkylation sites (tertiary alicyclic amines) is 1. The zero-order valence-electron chi connectivity index (χ0n) is 19.7. The van der Waals surface area contributed by atoms with Crippen LogP contribution in [0, 0.1) is 0 Å². The van der Waals surface area contributed by atoms with Crippen LogP contribution in [-0.4, -0.2) is 82.8 Å². The van der Waals surface area contributed by atoms with Crippen molar-refractivity contribution >= 4 is 34.5 Å². The first kappa shape index (κ1) is 22.9. The van der Waals surface area contributed by atoms with Crippen LogP contribution in [0.15, 0.2) is 41.4 Å². The van der Waals surface area contributed by atoms with Crippen LogP contribution in [0.3, 0.4) is 0 Å². The van der Waals surface area contributed by atoms with Gasteiger partial charge in [0.2, 0.25) is 5.88 Å². The lowest BCUT2D eigenvalue weighted by molar-refractivity contribution is 0.0638. The maximum absolute atomic E-state index is 13.1. The summed E-state index contributed by atoms with van der Waals surface area (Å²) in [6.07, 6.45) is 4.68. The minimum Gasteiger partial charge on any atom is -0.481 e. The molecule has 5 heterocycles. The predicted molar refractivity (Wildman–Crippen MR) is 135 cm³/mol. The van der Waals surface area contributed by atoms with Gasteiger partial charge in [0.25, 0.3) is 5.91 Å². The van der Waals surface area contributed by atoms with Gasteiger partial charge in [0.1, 0.15) is 11.5 Å². The fourth-order valence-corrected chi connectivity index (χ4v) is 5.51. The van der Waals surface area contributed by atoms with E-state index in [1.165, 1.54) is 5.56 Å². The standard InChI is InChI=1S/C25H30N6O2S/c1-30(25(32)20-3-5-21-24(28-20)27-12-16-34-21)18-9-14-31(15-10-18)13-8-17-7-11-26-19-4-6-22(33-2)29-23(17)19/h3-7,11,18H,8-10,12-16H2,1-2H3,(H,27,28). The van der Waals surface area contributed by atoms with Crippen molar-refractivity contribution in [2.75, 3.05) is 51.4 Å². The van der Waals surface area contributed by atoms with Gasteiger partial charge in [-0.15, -0.1) is 11.8 Å². The lowest BCUT2D eigenvalue weighted by Crippen LogP contribution is -2.46. The van der Waals surface area contributed by atoms with Crippen molar-refractivity contribution in [3.63, 3.8) is 0 Å². The van der Waals surface area contributed by atoms with Gasteiger partial charge in [-0.3, -0.25) is 9.78 Å². The number of nitrogens with zero attached hydrogens (tertiary/aromatic N) is 5. The third kappa shape index (κ3) is 4.81. The van der Waals surface area contributed by atoms with Crippen molar-refractivity contribution in [2.24, 2.45) is 0 Å². The number of aromatic nitrogens is 3. The number of fused-ring (bicyclic) bond motifs is 2. The lowest BCUT2D eigenvalue weighted by atomic mass is 10.0. The molecule has 9 heteroatoms. The molecule has 0 atom stereocenters. The molecule has 1 N–H and O–H groups in total. The average molecular weight is 479 g/mol. The van der Waals surface area contributed by atoms with Gasteiger partial charge in [0, 0.05) is 62.2 Å². The van der Waals surface area contributed by atoms with Gasteiger partial charge in [-0.05, 0) is 49.1 Å². The number of anilines is 1. The summed E-state index contributed by atoms with van der Waals surface area (Å²) in [7, 11) is 3.54. The number of carbonyl (C=O) groups is 1. The number of rotatable bonds is 6. The Balaban J connectivity index is 1.17. The average Bonchev–Trinajstić information content (AvgIpc) is 2.90. The highest BCUT2D eigenvalue weighted by Crippen LogP contribution is 2.29. The van der Waals surface area contributed by atoms with Crippen LogP contribution in [0.2, 0.25) is 0 Å². The van der Waals surface area contributed by atoms with E-state index in [1.807, 2.05) is 48.5 Å². The lowest BCUT2D eigenvalue weighted by Gasteiger charge is -2.36. The number of methoxy groups -OCH3 is 1. The molecule has 1 amide bonds. The Morgan fingerprint density at radius 3 is 2.88 bits per heavy atom. The van der Waals surface area contributed by atoms with Crippen LogP contribution >= 0.6 is 11.8 Å². The summed E-state index contributed by atoms with van der Waals surface area (Å²) in [4.78, 5) is 32.2. The topological polar surface area (TPSA) is 83.5 Å². The molecule has 5 rings (SSSR count). The Kier molecular flexibility index (Phi) is 6.82. The van der Waals surface area contributed by atoms with Crippen molar-refractivity contribution < 1.29 is 9.53 Å². The molecule has 3 aromatic rings. The fraction of sp³-hybridized carbons (Fsp3) is 0.440. The predicted octanol–water partition coefficient (Wildman–Crippen LogP) is 3.33. The first-order chi connectivity index (χ1) is 16.6. The largest absolute Gasteiger partial charge is 0.481 e. The van der Waals surface area contributed by atoms with Gasteiger partial charge >= 0.3 is 0 Å². The number of hydrogen-bond acceptors (Lipinski definition) is 8. The molecule has 2 aliphatic heterocycles. The highest BCUT2D eigenvalue weighted by Gasteiger charge is 2.27. The van der Waals surface area contributed by atoms with E-state index in [-0.39, 0.29) is 11.9 Å². The quantitative estimate of drug-likeness (QED) is 0.578. The van der Waals surface area contributed by atoms with Crippen molar-refractivity contribution in [3.8, 4) is 5.88 Å². The molecule has 34 heavy (non-hydrogen) atoms. The second-order valence-electron chi connectivity index (χ2n) is 8.75. The zero-order chi connectivity index (χ0) is 23.5. The summed E-state index contributed by atoms with van der Waals surface area (Å²) in [5, 5.41) is 3.30. The summed E-state index contributed by atoms with van der Waals surface area (Å²) in [5.41, 5.74) is 3.50. The molecular formula is C25H30N6O2S. The third-order valence-corrected chi connectivity index (χ3v) is 7.75. The van der Waals surface area contributed by atoms with E-state index >= 15 is 0 Å². The Morgan fingerprint density at radius 2 is 2.06 bits per heavy atom. The first-order valence-corrected chi connectivity index (χ1v) is 12.8. The molecular weight excluding hydrogens is 448 g/mol. The van der Waals surface area contributed by atoms with Crippen molar-refractivity contribution in [1.29, 1.82) is 0 Å². The number of piperidine rings is 1. The monoisotopic (exact) mass is 478 g/mol.